The van der Waals surface area contributed by atoms with Crippen molar-refractivity contribution in [1.29, 1.82) is 0 Å². The van der Waals surface area contributed by atoms with Gasteiger partial charge in [0, 0.05) is 17.8 Å². The summed E-state index contributed by atoms with van der Waals surface area (Å²) in [5.74, 6) is 0.427. The van der Waals surface area contributed by atoms with E-state index in [0.29, 0.717) is 11.6 Å². The smallest absolute Gasteiger partial charge is 0.406 e. The Labute approximate surface area is 123 Å². The maximum Gasteiger partial charge on any atom is 0.573 e. The molecule has 1 aliphatic rings. The molecule has 2 rings (SSSR count). The number of anilines is 1. The first kappa shape index (κ1) is 16.0. The molecule has 2 unspecified atom stereocenters. The number of halogens is 3. The molecular weight excluding hydrogens is 279 g/mol. The van der Waals surface area contributed by atoms with E-state index in [1.54, 1.807) is 12.1 Å². The Bertz CT molecular complexity index is 485. The van der Waals surface area contributed by atoms with Gasteiger partial charge in [-0.05, 0) is 42.7 Å². The molecule has 0 aromatic heterocycles. The third-order valence-corrected chi connectivity index (χ3v) is 3.83. The summed E-state index contributed by atoms with van der Waals surface area (Å²) in [6, 6.07) is 6.34. The number of nitrogens with one attached hydrogen (secondary N) is 1. The Morgan fingerprint density at radius 3 is 2.57 bits per heavy atom. The van der Waals surface area contributed by atoms with Crippen molar-refractivity contribution in [3.8, 4) is 5.75 Å². The maximum absolute atomic E-state index is 12.2. The highest BCUT2D eigenvalue weighted by atomic mass is 19.4. The molecule has 0 aliphatic heterocycles. The van der Waals surface area contributed by atoms with E-state index in [0.717, 1.165) is 12.8 Å². The minimum atomic E-state index is -4.65. The van der Waals surface area contributed by atoms with E-state index >= 15 is 0 Å². The van der Waals surface area contributed by atoms with Gasteiger partial charge in [0.1, 0.15) is 5.75 Å². The third kappa shape index (κ3) is 5.14. The van der Waals surface area contributed by atoms with E-state index in [1.807, 2.05) is 0 Å². The molecule has 118 valence electrons. The number of alkyl halides is 3. The lowest BCUT2D eigenvalue weighted by atomic mass is 9.70. The van der Waals surface area contributed by atoms with Crippen LogP contribution in [-0.2, 0) is 0 Å². The van der Waals surface area contributed by atoms with E-state index in [4.69, 9.17) is 0 Å². The highest BCUT2D eigenvalue weighted by Gasteiger charge is 2.33. The second-order valence-electron chi connectivity index (χ2n) is 6.83. The van der Waals surface area contributed by atoms with Crippen LogP contribution in [0.15, 0.2) is 24.3 Å². The molecule has 2 atom stereocenters. The zero-order valence-electron chi connectivity index (χ0n) is 12.6. The van der Waals surface area contributed by atoms with Crippen molar-refractivity contribution in [3.63, 3.8) is 0 Å². The van der Waals surface area contributed by atoms with Gasteiger partial charge in [-0.1, -0.05) is 26.8 Å². The lowest BCUT2D eigenvalue weighted by Gasteiger charge is -2.39. The fourth-order valence-corrected chi connectivity index (χ4v) is 3.47. The van der Waals surface area contributed by atoms with Gasteiger partial charge in [0.05, 0.1) is 0 Å². The van der Waals surface area contributed by atoms with Crippen LogP contribution in [0.1, 0.15) is 40.0 Å². The number of benzene rings is 1. The van der Waals surface area contributed by atoms with Gasteiger partial charge in [-0.3, -0.25) is 0 Å². The summed E-state index contributed by atoms with van der Waals surface area (Å²) in [4.78, 5) is 0. The van der Waals surface area contributed by atoms with Crippen LogP contribution in [0.3, 0.4) is 0 Å². The lowest BCUT2D eigenvalue weighted by Crippen LogP contribution is -2.35. The molecule has 1 fully saturated rings. The molecular formula is C16H22F3NO. The third-order valence-electron chi connectivity index (χ3n) is 3.83. The Morgan fingerprint density at radius 1 is 1.24 bits per heavy atom. The van der Waals surface area contributed by atoms with Crippen molar-refractivity contribution < 1.29 is 17.9 Å². The number of hydrogen-bond acceptors (Lipinski definition) is 2. The predicted octanol–water partition coefficient (Wildman–Crippen LogP) is 5.21. The molecule has 21 heavy (non-hydrogen) atoms. The molecule has 5 heteroatoms. The molecule has 0 saturated heterocycles. The summed E-state index contributed by atoms with van der Waals surface area (Å²) >= 11 is 0. The molecule has 1 saturated carbocycles. The van der Waals surface area contributed by atoms with Crippen molar-refractivity contribution in [1.82, 2.24) is 0 Å². The van der Waals surface area contributed by atoms with E-state index in [9.17, 15) is 13.2 Å². The van der Waals surface area contributed by atoms with E-state index < -0.39 is 6.36 Å². The van der Waals surface area contributed by atoms with Crippen molar-refractivity contribution in [2.45, 2.75) is 52.4 Å². The normalized spacial score (nSPS) is 25.4. The topological polar surface area (TPSA) is 21.3 Å². The largest absolute Gasteiger partial charge is 0.573 e. The van der Waals surface area contributed by atoms with Crippen molar-refractivity contribution in [3.05, 3.63) is 24.3 Å². The van der Waals surface area contributed by atoms with Crippen LogP contribution in [0.2, 0.25) is 0 Å². The minimum Gasteiger partial charge on any atom is -0.406 e. The Hall–Kier alpha value is -1.39. The fourth-order valence-electron chi connectivity index (χ4n) is 3.47. The first-order valence-electron chi connectivity index (χ1n) is 7.25. The Kier molecular flexibility index (Phi) is 4.40. The molecule has 0 heterocycles. The standard InChI is InChI=1S/C16H22F3NO/c1-11-7-13(10-15(2,3)9-11)20-12-5-4-6-14(8-12)21-16(17,18)19/h4-6,8,11,13,20H,7,9-10H2,1-3H3. The molecule has 1 aliphatic carbocycles. The molecule has 0 bridgehead atoms. The molecule has 0 radical (unpaired) electrons. The highest BCUT2D eigenvalue weighted by molar-refractivity contribution is 5.49. The van der Waals surface area contributed by atoms with Gasteiger partial charge in [0.2, 0.25) is 0 Å². The monoisotopic (exact) mass is 301 g/mol. The molecule has 0 spiro atoms. The minimum absolute atomic E-state index is 0.185. The number of rotatable bonds is 3. The molecule has 0 amide bonds. The van der Waals surface area contributed by atoms with Crippen LogP contribution < -0.4 is 10.1 Å². The summed E-state index contributed by atoms with van der Waals surface area (Å²) in [7, 11) is 0. The molecule has 1 N–H and O–H groups in total. The van der Waals surface area contributed by atoms with Crippen LogP contribution in [0.5, 0.6) is 5.75 Å². The van der Waals surface area contributed by atoms with E-state index in [1.165, 1.54) is 18.6 Å². The maximum atomic E-state index is 12.2. The van der Waals surface area contributed by atoms with Crippen LogP contribution in [0.25, 0.3) is 0 Å². The first-order valence-corrected chi connectivity index (χ1v) is 7.25. The molecule has 1 aromatic carbocycles. The molecule has 2 nitrogen and oxygen atoms in total. The van der Waals surface area contributed by atoms with E-state index in [2.05, 4.69) is 30.8 Å². The van der Waals surface area contributed by atoms with Gasteiger partial charge < -0.3 is 10.1 Å². The van der Waals surface area contributed by atoms with Gasteiger partial charge in [-0.25, -0.2) is 0 Å². The average molecular weight is 301 g/mol. The quantitative estimate of drug-likeness (QED) is 0.827. The summed E-state index contributed by atoms with van der Waals surface area (Å²) < 4.78 is 40.7. The Morgan fingerprint density at radius 2 is 1.95 bits per heavy atom. The summed E-state index contributed by atoms with van der Waals surface area (Å²) in [5.41, 5.74) is 0.932. The van der Waals surface area contributed by atoms with Crippen LogP contribution in [0, 0.1) is 11.3 Å². The lowest BCUT2D eigenvalue weighted by molar-refractivity contribution is -0.274. The number of ether oxygens (including phenoxy) is 1. The SMILES string of the molecule is CC1CC(Nc2cccc(OC(F)(F)F)c2)CC(C)(C)C1. The summed E-state index contributed by atoms with van der Waals surface area (Å²) in [6.07, 6.45) is -1.42. The predicted molar refractivity (Wildman–Crippen MR) is 77.3 cm³/mol. The average Bonchev–Trinajstić information content (AvgIpc) is 2.23. The van der Waals surface area contributed by atoms with Gasteiger partial charge in [0.15, 0.2) is 0 Å². The second kappa shape index (κ2) is 5.78. The highest BCUT2D eigenvalue weighted by Crippen LogP contribution is 2.39. The van der Waals surface area contributed by atoms with Crippen molar-refractivity contribution in [2.24, 2.45) is 11.3 Å². The van der Waals surface area contributed by atoms with Gasteiger partial charge >= 0.3 is 6.36 Å². The second-order valence-corrected chi connectivity index (χ2v) is 6.83. The van der Waals surface area contributed by atoms with Crippen LogP contribution >= 0.6 is 0 Å². The molecule has 1 aromatic rings. The summed E-state index contributed by atoms with van der Waals surface area (Å²) in [5, 5.41) is 3.35. The van der Waals surface area contributed by atoms with Gasteiger partial charge in [-0.15, -0.1) is 13.2 Å². The van der Waals surface area contributed by atoms with Crippen molar-refractivity contribution in [2.75, 3.05) is 5.32 Å². The van der Waals surface area contributed by atoms with Gasteiger partial charge in [0.25, 0.3) is 0 Å². The Balaban J connectivity index is 2.04. The van der Waals surface area contributed by atoms with Crippen molar-refractivity contribution >= 4 is 5.69 Å². The number of hydrogen-bond donors (Lipinski definition) is 1. The van der Waals surface area contributed by atoms with Crippen LogP contribution in [0.4, 0.5) is 18.9 Å². The fraction of sp³-hybridized carbons (Fsp3) is 0.625. The summed E-state index contributed by atoms with van der Waals surface area (Å²) in [6.45, 7) is 6.69. The van der Waals surface area contributed by atoms with Gasteiger partial charge in [-0.2, -0.15) is 0 Å². The zero-order chi connectivity index (χ0) is 15.7. The van der Waals surface area contributed by atoms with E-state index in [-0.39, 0.29) is 17.2 Å². The van der Waals surface area contributed by atoms with Crippen LogP contribution in [-0.4, -0.2) is 12.4 Å². The zero-order valence-corrected chi connectivity index (χ0v) is 12.6. The first-order chi connectivity index (χ1) is 9.63.